The molecule has 1 saturated heterocycles. The average molecular weight is 398 g/mol. The van der Waals surface area contributed by atoms with Gasteiger partial charge in [0.2, 0.25) is 10.0 Å². The Kier molecular flexibility index (Phi) is 5.55. The summed E-state index contributed by atoms with van der Waals surface area (Å²) in [4.78, 5) is 15.9. The fourth-order valence-electron chi connectivity index (χ4n) is 2.83. The lowest BCUT2D eigenvalue weighted by molar-refractivity contribution is 0.0923. The summed E-state index contributed by atoms with van der Waals surface area (Å²) in [5, 5.41) is 2.75. The van der Waals surface area contributed by atoms with Gasteiger partial charge in [0.25, 0.3) is 5.91 Å². The number of benzene rings is 1. The number of sulfonamides is 1. The summed E-state index contributed by atoms with van der Waals surface area (Å²) in [6.45, 7) is 0.488. The second-order valence-electron chi connectivity index (χ2n) is 5.97. The zero-order chi connectivity index (χ0) is 18.7. The van der Waals surface area contributed by atoms with Crippen molar-refractivity contribution in [1.29, 1.82) is 0 Å². The topological polar surface area (TPSA) is 79.4 Å². The summed E-state index contributed by atoms with van der Waals surface area (Å²) in [5.41, 5.74) is 0.459. The number of halogens is 2. The predicted octanol–water partition coefficient (Wildman–Crippen LogP) is 2.46. The standard InChI is InChI=1S/C17H17ClFN3O3S/c18-15-10-13(19)3-4-16(15)26(24,25)22-8-5-14(6-9-22)21-17(23)12-2-1-7-20-11-12/h1-4,7,10-11,14H,5-6,8-9H2,(H,21,23). The van der Waals surface area contributed by atoms with E-state index in [-0.39, 0.29) is 35.0 Å². The second-order valence-corrected chi connectivity index (χ2v) is 8.28. The van der Waals surface area contributed by atoms with Gasteiger partial charge in [-0.3, -0.25) is 9.78 Å². The Morgan fingerprint density at radius 1 is 1.27 bits per heavy atom. The molecule has 3 rings (SSSR count). The van der Waals surface area contributed by atoms with E-state index in [0.717, 1.165) is 12.1 Å². The number of piperidine rings is 1. The van der Waals surface area contributed by atoms with Crippen molar-refractivity contribution in [2.45, 2.75) is 23.8 Å². The molecule has 0 unspecified atom stereocenters. The van der Waals surface area contributed by atoms with Gasteiger partial charge < -0.3 is 5.32 Å². The molecule has 2 heterocycles. The molecule has 0 radical (unpaired) electrons. The minimum Gasteiger partial charge on any atom is -0.349 e. The van der Waals surface area contributed by atoms with E-state index in [0.29, 0.717) is 18.4 Å². The van der Waals surface area contributed by atoms with Crippen LogP contribution in [0.4, 0.5) is 4.39 Å². The Hall–Kier alpha value is -2.03. The number of pyridine rings is 1. The zero-order valence-electron chi connectivity index (χ0n) is 13.7. The summed E-state index contributed by atoms with van der Waals surface area (Å²) in [6.07, 6.45) is 4.01. The highest BCUT2D eigenvalue weighted by Gasteiger charge is 2.31. The first-order chi connectivity index (χ1) is 12.4. The van der Waals surface area contributed by atoms with E-state index < -0.39 is 15.8 Å². The molecule has 0 spiro atoms. The molecule has 6 nitrogen and oxygen atoms in total. The fraction of sp³-hybridized carbons (Fsp3) is 0.294. The minimum absolute atomic E-state index is 0.113. The summed E-state index contributed by atoms with van der Waals surface area (Å²) < 4.78 is 39.8. The van der Waals surface area contributed by atoms with Gasteiger partial charge >= 0.3 is 0 Å². The summed E-state index contributed by atoms with van der Waals surface area (Å²) in [7, 11) is -3.80. The lowest BCUT2D eigenvalue weighted by Crippen LogP contribution is -2.46. The van der Waals surface area contributed by atoms with Gasteiger partial charge in [-0.1, -0.05) is 11.6 Å². The first-order valence-corrected chi connectivity index (χ1v) is 9.86. The third-order valence-electron chi connectivity index (χ3n) is 4.22. The van der Waals surface area contributed by atoms with Crippen LogP contribution < -0.4 is 5.32 Å². The molecule has 1 aromatic heterocycles. The Bertz CT molecular complexity index is 901. The second kappa shape index (κ2) is 7.69. The Morgan fingerprint density at radius 2 is 2.00 bits per heavy atom. The highest BCUT2D eigenvalue weighted by molar-refractivity contribution is 7.89. The van der Waals surface area contributed by atoms with Gasteiger partial charge in [0.05, 0.1) is 10.6 Å². The number of hydrogen-bond donors (Lipinski definition) is 1. The Morgan fingerprint density at radius 3 is 2.62 bits per heavy atom. The van der Waals surface area contributed by atoms with E-state index in [1.807, 2.05) is 0 Å². The molecular weight excluding hydrogens is 381 g/mol. The van der Waals surface area contributed by atoms with Gasteiger partial charge in [0.15, 0.2) is 0 Å². The van der Waals surface area contributed by atoms with Crippen LogP contribution in [0.5, 0.6) is 0 Å². The molecule has 2 aromatic rings. The normalized spacial score (nSPS) is 16.4. The average Bonchev–Trinajstić information content (AvgIpc) is 2.62. The van der Waals surface area contributed by atoms with E-state index >= 15 is 0 Å². The molecule has 0 aliphatic carbocycles. The summed E-state index contributed by atoms with van der Waals surface area (Å²) in [6, 6.07) is 6.44. The van der Waals surface area contributed by atoms with Crippen LogP contribution in [0.3, 0.4) is 0 Å². The number of hydrogen-bond acceptors (Lipinski definition) is 4. The molecule has 1 fully saturated rings. The number of amides is 1. The monoisotopic (exact) mass is 397 g/mol. The molecule has 1 amide bonds. The van der Waals surface area contributed by atoms with Crippen molar-refractivity contribution in [2.24, 2.45) is 0 Å². The molecule has 0 saturated carbocycles. The fourth-order valence-corrected chi connectivity index (χ4v) is 4.80. The van der Waals surface area contributed by atoms with E-state index in [2.05, 4.69) is 10.3 Å². The van der Waals surface area contributed by atoms with Gasteiger partial charge in [0.1, 0.15) is 10.7 Å². The Labute approximate surface area is 156 Å². The van der Waals surface area contributed by atoms with Crippen molar-refractivity contribution >= 4 is 27.5 Å². The van der Waals surface area contributed by atoms with E-state index in [1.54, 1.807) is 18.3 Å². The molecule has 138 valence electrons. The maximum absolute atomic E-state index is 13.2. The highest BCUT2D eigenvalue weighted by Crippen LogP contribution is 2.27. The number of rotatable bonds is 4. The molecule has 0 bridgehead atoms. The lowest BCUT2D eigenvalue weighted by Gasteiger charge is -2.31. The minimum atomic E-state index is -3.80. The quantitative estimate of drug-likeness (QED) is 0.859. The van der Waals surface area contributed by atoms with Crippen molar-refractivity contribution in [3.63, 3.8) is 0 Å². The van der Waals surface area contributed by atoms with Crippen molar-refractivity contribution in [3.05, 3.63) is 59.1 Å². The van der Waals surface area contributed by atoms with Gasteiger partial charge in [0, 0.05) is 31.5 Å². The summed E-state index contributed by atoms with van der Waals surface area (Å²) >= 11 is 5.89. The number of aromatic nitrogens is 1. The van der Waals surface area contributed by atoms with Gasteiger partial charge in [-0.2, -0.15) is 4.31 Å². The SMILES string of the molecule is O=C(NC1CCN(S(=O)(=O)c2ccc(F)cc2Cl)CC1)c1cccnc1. The van der Waals surface area contributed by atoms with Crippen molar-refractivity contribution < 1.29 is 17.6 Å². The lowest BCUT2D eigenvalue weighted by atomic mass is 10.1. The van der Waals surface area contributed by atoms with Gasteiger partial charge in [-0.15, -0.1) is 0 Å². The van der Waals surface area contributed by atoms with Crippen LogP contribution in [0, 0.1) is 5.82 Å². The van der Waals surface area contributed by atoms with Crippen molar-refractivity contribution in [1.82, 2.24) is 14.6 Å². The molecule has 26 heavy (non-hydrogen) atoms. The Balaban J connectivity index is 1.63. The molecule has 0 atom stereocenters. The van der Waals surface area contributed by atoms with Crippen LogP contribution in [0.1, 0.15) is 23.2 Å². The summed E-state index contributed by atoms with van der Waals surface area (Å²) in [5.74, 6) is -0.827. The number of carbonyl (C=O) groups excluding carboxylic acids is 1. The van der Waals surface area contributed by atoms with Crippen LogP contribution in [-0.2, 0) is 10.0 Å². The highest BCUT2D eigenvalue weighted by atomic mass is 35.5. The number of nitrogens with zero attached hydrogens (tertiary/aromatic N) is 2. The van der Waals surface area contributed by atoms with E-state index in [9.17, 15) is 17.6 Å². The van der Waals surface area contributed by atoms with Crippen molar-refractivity contribution in [2.75, 3.05) is 13.1 Å². The molecule has 1 N–H and O–H groups in total. The molecule has 1 aliphatic heterocycles. The van der Waals surface area contributed by atoms with Crippen LogP contribution in [0.15, 0.2) is 47.6 Å². The van der Waals surface area contributed by atoms with Crippen molar-refractivity contribution in [3.8, 4) is 0 Å². The molecular formula is C17H17ClFN3O3S. The zero-order valence-corrected chi connectivity index (χ0v) is 15.3. The maximum atomic E-state index is 13.2. The molecule has 1 aliphatic rings. The molecule has 9 heteroatoms. The number of carbonyl (C=O) groups is 1. The molecule has 1 aromatic carbocycles. The van der Waals surface area contributed by atoms with Crippen LogP contribution in [0.25, 0.3) is 0 Å². The largest absolute Gasteiger partial charge is 0.349 e. The first-order valence-electron chi connectivity index (χ1n) is 8.04. The first kappa shape index (κ1) is 18.8. The van der Waals surface area contributed by atoms with Gasteiger partial charge in [-0.05, 0) is 43.2 Å². The van der Waals surface area contributed by atoms with E-state index in [1.165, 1.54) is 16.6 Å². The third-order valence-corrected chi connectivity index (χ3v) is 6.61. The van der Waals surface area contributed by atoms with Gasteiger partial charge in [-0.25, -0.2) is 12.8 Å². The number of nitrogens with one attached hydrogen (secondary N) is 1. The van der Waals surface area contributed by atoms with E-state index in [4.69, 9.17) is 11.6 Å². The smallest absolute Gasteiger partial charge is 0.253 e. The maximum Gasteiger partial charge on any atom is 0.253 e. The van der Waals surface area contributed by atoms with Crippen LogP contribution >= 0.6 is 11.6 Å². The van der Waals surface area contributed by atoms with Crippen LogP contribution in [-0.4, -0.2) is 42.7 Å². The van der Waals surface area contributed by atoms with Crippen LogP contribution in [0.2, 0.25) is 5.02 Å². The third kappa shape index (κ3) is 4.03. The predicted molar refractivity (Wildman–Crippen MR) is 94.9 cm³/mol.